The number of phenols is 3. The molecule has 15 heteroatoms. The molecule has 5 rings (SSSR count). The van der Waals surface area contributed by atoms with Crippen molar-refractivity contribution in [3.05, 3.63) is 46.1 Å². The molecular weight excluding hydrogens is 624 g/mol. The highest BCUT2D eigenvalue weighted by molar-refractivity contribution is 5.91. The van der Waals surface area contributed by atoms with E-state index in [9.17, 15) is 50.8 Å². The molecule has 0 spiro atoms. The number of benzene rings is 2. The Morgan fingerprint density at radius 2 is 1.40 bits per heavy atom. The highest BCUT2D eigenvalue weighted by Crippen LogP contribution is 2.41. The third kappa shape index (κ3) is 6.90. The minimum Gasteiger partial charge on any atom is -0.508 e. The normalized spacial score (nSPS) is 31.6. The Labute approximate surface area is 268 Å². The standard InChI is InChI=1S/C32H40O15/c1-12-20(36)23(39)25(41)30(43-12)47-29-24(40)21(37)13(2)44-31(29)46-28-22(38)19-18(35)11-17(34)16(9-10-32(3,4)42)27(19)45-26(28)14-5-7-15(33)8-6-14/h5-8,11-13,20-21,23-25,29-31,33-37,39-42H,9-10H2,1-4H3/t12-,13-,20-,21-,23+,24+,25+,29+,30-,31-/m0/s1. The van der Waals surface area contributed by atoms with E-state index >= 15 is 0 Å². The molecule has 0 unspecified atom stereocenters. The van der Waals surface area contributed by atoms with Crippen molar-refractivity contribution in [2.45, 2.75) is 108 Å². The summed E-state index contributed by atoms with van der Waals surface area (Å²) in [5.74, 6) is -1.95. The van der Waals surface area contributed by atoms with Gasteiger partial charge in [0.05, 0.1) is 17.8 Å². The maximum absolute atomic E-state index is 14.2. The summed E-state index contributed by atoms with van der Waals surface area (Å²) in [6, 6.07) is 6.39. The molecule has 3 heterocycles. The number of ether oxygens (including phenoxy) is 4. The highest BCUT2D eigenvalue weighted by atomic mass is 16.8. The van der Waals surface area contributed by atoms with Crippen LogP contribution in [-0.2, 0) is 20.6 Å². The summed E-state index contributed by atoms with van der Waals surface area (Å²) in [6.07, 6.45) is -15.2. The maximum atomic E-state index is 14.2. The zero-order chi connectivity index (χ0) is 34.5. The zero-order valence-electron chi connectivity index (χ0n) is 26.0. The van der Waals surface area contributed by atoms with Gasteiger partial charge >= 0.3 is 0 Å². The van der Waals surface area contributed by atoms with E-state index in [2.05, 4.69) is 0 Å². The molecule has 2 aliphatic rings. The van der Waals surface area contributed by atoms with Crippen LogP contribution >= 0.6 is 0 Å². The molecule has 1 aromatic heterocycles. The Morgan fingerprint density at radius 1 is 0.809 bits per heavy atom. The van der Waals surface area contributed by atoms with Crippen LogP contribution in [0.3, 0.4) is 0 Å². The third-order valence-electron chi connectivity index (χ3n) is 8.42. The molecule has 47 heavy (non-hydrogen) atoms. The van der Waals surface area contributed by atoms with E-state index in [-0.39, 0.29) is 46.4 Å². The molecule has 0 saturated carbocycles. The lowest BCUT2D eigenvalue weighted by Gasteiger charge is -2.45. The number of hydrogen-bond acceptors (Lipinski definition) is 15. The molecule has 258 valence electrons. The van der Waals surface area contributed by atoms with Crippen molar-refractivity contribution < 1.29 is 69.3 Å². The predicted octanol–water partition coefficient (Wildman–Crippen LogP) is 0.338. The van der Waals surface area contributed by atoms with Gasteiger partial charge in [-0.15, -0.1) is 0 Å². The van der Waals surface area contributed by atoms with Gasteiger partial charge in [0, 0.05) is 17.2 Å². The van der Waals surface area contributed by atoms with Crippen molar-refractivity contribution in [3.63, 3.8) is 0 Å². The minimum absolute atomic E-state index is 0.0379. The molecule has 0 bridgehead atoms. The SMILES string of the molecule is C[C@@H]1O[C@@H](O[C@H]2[C@H](Oc3c(-c4ccc(O)cc4)oc4c(CCC(C)(C)O)c(O)cc(O)c4c3=O)O[C@@H](C)[C@H](O)[C@H]2O)[C@H](O)[C@H](O)[C@H]1O. The van der Waals surface area contributed by atoms with Gasteiger partial charge in [0.2, 0.25) is 17.5 Å². The Morgan fingerprint density at radius 3 is 2.02 bits per heavy atom. The van der Waals surface area contributed by atoms with Gasteiger partial charge in [0.25, 0.3) is 0 Å². The number of aromatic hydroxyl groups is 3. The molecule has 9 N–H and O–H groups in total. The minimum atomic E-state index is -1.80. The summed E-state index contributed by atoms with van der Waals surface area (Å²) < 4.78 is 29.3. The Balaban J connectivity index is 1.64. The van der Waals surface area contributed by atoms with E-state index < -0.39 is 89.7 Å². The number of hydrogen-bond donors (Lipinski definition) is 9. The smallest absolute Gasteiger partial charge is 0.239 e. The van der Waals surface area contributed by atoms with Gasteiger partial charge in [-0.3, -0.25) is 4.79 Å². The Kier molecular flexibility index (Phi) is 9.76. The molecule has 15 nitrogen and oxygen atoms in total. The lowest BCUT2D eigenvalue weighted by Crippen LogP contribution is -2.63. The monoisotopic (exact) mass is 664 g/mol. The first-order valence-corrected chi connectivity index (χ1v) is 15.1. The summed E-state index contributed by atoms with van der Waals surface area (Å²) in [7, 11) is 0. The van der Waals surface area contributed by atoms with Gasteiger partial charge < -0.3 is 69.3 Å². The molecule has 2 saturated heterocycles. The molecule has 2 aliphatic heterocycles. The summed E-state index contributed by atoms with van der Waals surface area (Å²) in [6.45, 7) is 5.96. The predicted molar refractivity (Wildman–Crippen MR) is 162 cm³/mol. The van der Waals surface area contributed by atoms with Gasteiger partial charge in [-0.05, 0) is 64.8 Å². The number of aryl methyl sites for hydroxylation is 1. The van der Waals surface area contributed by atoms with Crippen molar-refractivity contribution in [3.8, 4) is 34.3 Å². The van der Waals surface area contributed by atoms with Crippen LogP contribution in [-0.4, -0.2) is 113 Å². The van der Waals surface area contributed by atoms with Crippen LogP contribution in [0, 0.1) is 0 Å². The van der Waals surface area contributed by atoms with Gasteiger partial charge in [-0.1, -0.05) is 0 Å². The second-order valence-electron chi connectivity index (χ2n) is 12.6. The van der Waals surface area contributed by atoms with Crippen LogP contribution < -0.4 is 10.2 Å². The first-order valence-electron chi connectivity index (χ1n) is 15.1. The van der Waals surface area contributed by atoms with Crippen LogP contribution in [0.2, 0.25) is 0 Å². The highest BCUT2D eigenvalue weighted by Gasteiger charge is 2.50. The van der Waals surface area contributed by atoms with Crippen LogP contribution in [0.25, 0.3) is 22.3 Å². The van der Waals surface area contributed by atoms with E-state index in [0.29, 0.717) is 0 Å². The molecule has 0 radical (unpaired) electrons. The number of aliphatic hydroxyl groups excluding tert-OH is 5. The molecule has 0 amide bonds. The molecular formula is C32H40O15. The maximum Gasteiger partial charge on any atom is 0.239 e. The quantitative estimate of drug-likeness (QED) is 0.157. The largest absolute Gasteiger partial charge is 0.508 e. The fraction of sp³-hybridized carbons (Fsp3) is 0.531. The molecule has 2 fully saturated rings. The Hall–Kier alpha value is -3.51. The molecule has 2 aromatic carbocycles. The van der Waals surface area contributed by atoms with E-state index in [1.165, 1.54) is 38.1 Å². The Bertz CT molecular complexity index is 1630. The summed E-state index contributed by atoms with van der Waals surface area (Å²) in [5, 5.41) is 94.0. The number of fused-ring (bicyclic) bond motifs is 1. The fourth-order valence-electron chi connectivity index (χ4n) is 5.59. The van der Waals surface area contributed by atoms with E-state index in [1.54, 1.807) is 13.8 Å². The van der Waals surface area contributed by atoms with Crippen LogP contribution in [0.4, 0.5) is 0 Å². The summed E-state index contributed by atoms with van der Waals surface area (Å²) in [4.78, 5) is 14.2. The average Bonchev–Trinajstić information content (AvgIpc) is 3.00. The lowest BCUT2D eigenvalue weighted by molar-refractivity contribution is -0.352. The lowest BCUT2D eigenvalue weighted by atomic mass is 9.96. The number of phenolic OH excluding ortho intramolecular Hbond substituents is 3. The average molecular weight is 665 g/mol. The van der Waals surface area contributed by atoms with E-state index in [4.69, 9.17) is 23.4 Å². The summed E-state index contributed by atoms with van der Waals surface area (Å²) >= 11 is 0. The van der Waals surface area contributed by atoms with Gasteiger partial charge in [0.15, 0.2) is 18.2 Å². The first kappa shape index (κ1) is 34.8. The van der Waals surface area contributed by atoms with Gasteiger partial charge in [0.1, 0.15) is 58.7 Å². The number of rotatable bonds is 8. The molecule has 10 atom stereocenters. The van der Waals surface area contributed by atoms with Gasteiger partial charge in [-0.2, -0.15) is 0 Å². The molecule has 0 aliphatic carbocycles. The zero-order valence-corrected chi connectivity index (χ0v) is 26.0. The van der Waals surface area contributed by atoms with Gasteiger partial charge in [-0.25, -0.2) is 0 Å². The van der Waals surface area contributed by atoms with Crippen molar-refractivity contribution in [1.82, 2.24) is 0 Å². The fourth-order valence-corrected chi connectivity index (χ4v) is 5.59. The van der Waals surface area contributed by atoms with Crippen LogP contribution in [0.15, 0.2) is 39.5 Å². The van der Waals surface area contributed by atoms with Crippen molar-refractivity contribution in [1.29, 1.82) is 0 Å². The second kappa shape index (κ2) is 13.2. The first-order chi connectivity index (χ1) is 22.0. The third-order valence-corrected chi connectivity index (χ3v) is 8.42. The van der Waals surface area contributed by atoms with E-state index in [1.807, 2.05) is 0 Å². The van der Waals surface area contributed by atoms with Crippen molar-refractivity contribution >= 4 is 11.0 Å². The second-order valence-corrected chi connectivity index (χ2v) is 12.6. The summed E-state index contributed by atoms with van der Waals surface area (Å²) in [5.41, 5.74) is -1.98. The van der Waals surface area contributed by atoms with E-state index in [0.717, 1.165) is 6.07 Å². The van der Waals surface area contributed by atoms with Crippen molar-refractivity contribution in [2.75, 3.05) is 0 Å². The van der Waals surface area contributed by atoms with Crippen LogP contribution in [0.1, 0.15) is 39.7 Å². The topological polar surface area (TPSA) is 249 Å². The van der Waals surface area contributed by atoms with Crippen molar-refractivity contribution in [2.24, 2.45) is 0 Å². The molecule has 3 aromatic rings. The van der Waals surface area contributed by atoms with Crippen LogP contribution in [0.5, 0.6) is 23.0 Å². The number of aliphatic hydroxyl groups is 6.